The zero-order valence-electron chi connectivity index (χ0n) is 11.7. The van der Waals surface area contributed by atoms with E-state index < -0.39 is 0 Å². The summed E-state index contributed by atoms with van der Waals surface area (Å²) in [6.07, 6.45) is 0. The quantitative estimate of drug-likeness (QED) is 0.838. The first-order valence-corrected chi connectivity index (χ1v) is 6.60. The van der Waals surface area contributed by atoms with Crippen molar-refractivity contribution in [3.63, 3.8) is 0 Å². The Morgan fingerprint density at radius 3 is 2.59 bits per heavy atom. The van der Waals surface area contributed by atoms with Crippen LogP contribution in [-0.2, 0) is 0 Å². The first-order chi connectivity index (χ1) is 7.99. The van der Waals surface area contributed by atoms with Gasteiger partial charge in [-0.2, -0.15) is 0 Å². The fourth-order valence-corrected chi connectivity index (χ4v) is 2.46. The van der Waals surface area contributed by atoms with E-state index in [4.69, 9.17) is 0 Å². The van der Waals surface area contributed by atoms with E-state index in [-0.39, 0.29) is 0 Å². The Bertz CT molecular complexity index is 410. The lowest BCUT2D eigenvalue weighted by atomic mass is 10.0. The van der Waals surface area contributed by atoms with Crippen LogP contribution in [0.15, 0.2) is 12.1 Å². The van der Waals surface area contributed by atoms with Crippen LogP contribution in [0.1, 0.15) is 31.9 Å². The van der Waals surface area contributed by atoms with Gasteiger partial charge >= 0.3 is 0 Å². The number of hydrogen-bond acceptors (Lipinski definition) is 2. The molecular formula is C15H24N2. The van der Waals surface area contributed by atoms with Crippen molar-refractivity contribution in [2.45, 2.75) is 40.7 Å². The predicted octanol–water partition coefficient (Wildman–Crippen LogP) is 3.58. The number of nitrogens with zero attached hydrogens (tertiary/aromatic N) is 1. The van der Waals surface area contributed by atoms with Crippen LogP contribution >= 0.6 is 0 Å². The van der Waals surface area contributed by atoms with Gasteiger partial charge in [0.15, 0.2) is 0 Å². The van der Waals surface area contributed by atoms with Crippen molar-refractivity contribution in [3.05, 3.63) is 23.3 Å². The Labute approximate surface area is 105 Å². The molecule has 2 nitrogen and oxygen atoms in total. The number of anilines is 2. The van der Waals surface area contributed by atoms with Crippen LogP contribution in [0.5, 0.6) is 0 Å². The summed E-state index contributed by atoms with van der Waals surface area (Å²) in [6, 6.07) is 5.19. The largest absolute Gasteiger partial charge is 0.381 e. The van der Waals surface area contributed by atoms with Gasteiger partial charge in [-0.25, -0.2) is 0 Å². The Morgan fingerprint density at radius 2 is 1.94 bits per heavy atom. The predicted molar refractivity (Wildman–Crippen MR) is 76.1 cm³/mol. The van der Waals surface area contributed by atoms with Crippen LogP contribution in [-0.4, -0.2) is 19.1 Å². The molecule has 0 radical (unpaired) electrons. The molecule has 0 fully saturated rings. The van der Waals surface area contributed by atoms with Crippen molar-refractivity contribution in [1.82, 2.24) is 0 Å². The first-order valence-electron chi connectivity index (χ1n) is 6.60. The van der Waals surface area contributed by atoms with Gasteiger partial charge in [0.1, 0.15) is 0 Å². The summed E-state index contributed by atoms with van der Waals surface area (Å²) in [4.78, 5) is 2.54. The van der Waals surface area contributed by atoms with E-state index in [2.05, 4.69) is 57.0 Å². The van der Waals surface area contributed by atoms with Crippen LogP contribution in [0.3, 0.4) is 0 Å². The Balaban J connectivity index is 2.40. The van der Waals surface area contributed by atoms with Crippen molar-refractivity contribution in [3.8, 4) is 0 Å². The lowest BCUT2D eigenvalue weighted by molar-refractivity contribution is 0.554. The number of nitrogens with one attached hydrogen (secondary N) is 1. The molecule has 0 amide bonds. The van der Waals surface area contributed by atoms with Crippen molar-refractivity contribution in [1.29, 1.82) is 0 Å². The Morgan fingerprint density at radius 1 is 1.29 bits per heavy atom. The summed E-state index contributed by atoms with van der Waals surface area (Å²) in [5.41, 5.74) is 5.43. The zero-order valence-corrected chi connectivity index (χ0v) is 11.7. The fraction of sp³-hybridized carbons (Fsp3) is 0.600. The number of rotatable bonds is 2. The van der Waals surface area contributed by atoms with E-state index in [0.29, 0.717) is 12.0 Å². The molecule has 17 heavy (non-hydrogen) atoms. The second-order valence-electron chi connectivity index (χ2n) is 5.73. The molecule has 2 heteroatoms. The van der Waals surface area contributed by atoms with Gasteiger partial charge in [-0.05, 0) is 49.9 Å². The van der Waals surface area contributed by atoms with Gasteiger partial charge in [0.05, 0.1) is 11.4 Å². The third-order valence-corrected chi connectivity index (χ3v) is 3.60. The van der Waals surface area contributed by atoms with E-state index in [0.717, 1.165) is 13.1 Å². The maximum absolute atomic E-state index is 3.54. The molecule has 0 bridgehead atoms. The van der Waals surface area contributed by atoms with Crippen LogP contribution in [0.4, 0.5) is 11.4 Å². The van der Waals surface area contributed by atoms with Gasteiger partial charge in [-0.1, -0.05) is 13.8 Å². The van der Waals surface area contributed by atoms with Crippen LogP contribution in [0.2, 0.25) is 0 Å². The molecule has 1 aromatic carbocycles. The highest BCUT2D eigenvalue weighted by Crippen LogP contribution is 2.34. The van der Waals surface area contributed by atoms with E-state index >= 15 is 0 Å². The summed E-state index contributed by atoms with van der Waals surface area (Å²) in [5.74, 6) is 0.699. The molecule has 0 aliphatic carbocycles. The second-order valence-corrected chi connectivity index (χ2v) is 5.73. The van der Waals surface area contributed by atoms with Crippen molar-refractivity contribution in [2.24, 2.45) is 5.92 Å². The number of aryl methyl sites for hydroxylation is 2. The van der Waals surface area contributed by atoms with Gasteiger partial charge in [-0.3, -0.25) is 0 Å². The summed E-state index contributed by atoms with van der Waals surface area (Å²) >= 11 is 0. The molecule has 1 heterocycles. The summed E-state index contributed by atoms with van der Waals surface area (Å²) in [7, 11) is 0. The van der Waals surface area contributed by atoms with Gasteiger partial charge < -0.3 is 10.2 Å². The molecule has 0 spiro atoms. The molecule has 0 aromatic heterocycles. The second kappa shape index (κ2) is 4.59. The molecule has 1 atom stereocenters. The van der Waals surface area contributed by atoms with Crippen LogP contribution < -0.4 is 10.2 Å². The highest BCUT2D eigenvalue weighted by atomic mass is 15.2. The van der Waals surface area contributed by atoms with Crippen LogP contribution in [0.25, 0.3) is 0 Å². The third kappa shape index (κ3) is 2.41. The van der Waals surface area contributed by atoms with Gasteiger partial charge in [0.2, 0.25) is 0 Å². The molecular weight excluding hydrogens is 208 g/mol. The molecule has 0 saturated carbocycles. The zero-order chi connectivity index (χ0) is 12.6. The standard InChI is InChI=1S/C15H24N2/c1-10(2)9-17-13(5)8-16-14-6-11(3)12(4)7-15(14)17/h6-7,10,13,16H,8-9H2,1-5H3. The van der Waals surface area contributed by atoms with Gasteiger partial charge in [-0.15, -0.1) is 0 Å². The average molecular weight is 232 g/mol. The van der Waals surface area contributed by atoms with Gasteiger partial charge in [0, 0.05) is 19.1 Å². The summed E-state index contributed by atoms with van der Waals surface area (Å²) < 4.78 is 0. The molecule has 1 aliphatic heterocycles. The van der Waals surface area contributed by atoms with Crippen molar-refractivity contribution >= 4 is 11.4 Å². The van der Waals surface area contributed by atoms with E-state index in [1.165, 1.54) is 22.5 Å². The van der Waals surface area contributed by atoms with E-state index in [1.807, 2.05) is 0 Å². The average Bonchev–Trinajstić information content (AvgIpc) is 2.25. The van der Waals surface area contributed by atoms with E-state index in [1.54, 1.807) is 0 Å². The van der Waals surface area contributed by atoms with Crippen LogP contribution in [0, 0.1) is 19.8 Å². The SMILES string of the molecule is Cc1cc2c(cc1C)N(CC(C)C)C(C)CN2. The van der Waals surface area contributed by atoms with Crippen molar-refractivity contribution < 1.29 is 0 Å². The minimum absolute atomic E-state index is 0.576. The lowest BCUT2D eigenvalue weighted by Crippen LogP contribution is -2.44. The number of hydrogen-bond donors (Lipinski definition) is 1. The summed E-state index contributed by atoms with van der Waals surface area (Å²) in [6.45, 7) is 13.4. The van der Waals surface area contributed by atoms with Gasteiger partial charge in [0.25, 0.3) is 0 Å². The highest BCUT2D eigenvalue weighted by molar-refractivity contribution is 5.74. The maximum atomic E-state index is 3.54. The first kappa shape index (κ1) is 12.3. The topological polar surface area (TPSA) is 15.3 Å². The monoisotopic (exact) mass is 232 g/mol. The highest BCUT2D eigenvalue weighted by Gasteiger charge is 2.23. The smallest absolute Gasteiger partial charge is 0.0608 e. The molecule has 2 rings (SSSR count). The molecule has 1 N–H and O–H groups in total. The third-order valence-electron chi connectivity index (χ3n) is 3.60. The lowest BCUT2D eigenvalue weighted by Gasteiger charge is -2.39. The number of fused-ring (bicyclic) bond motifs is 1. The normalized spacial score (nSPS) is 19.2. The minimum atomic E-state index is 0.576. The Kier molecular flexibility index (Phi) is 3.32. The molecule has 1 unspecified atom stereocenters. The Hall–Kier alpha value is -1.18. The molecule has 1 aromatic rings. The maximum Gasteiger partial charge on any atom is 0.0608 e. The minimum Gasteiger partial charge on any atom is -0.381 e. The molecule has 1 aliphatic rings. The van der Waals surface area contributed by atoms with Crippen molar-refractivity contribution in [2.75, 3.05) is 23.3 Å². The van der Waals surface area contributed by atoms with E-state index in [9.17, 15) is 0 Å². The fourth-order valence-electron chi connectivity index (χ4n) is 2.46. The molecule has 0 saturated heterocycles. The number of benzene rings is 1. The molecule has 94 valence electrons. The summed E-state index contributed by atoms with van der Waals surface area (Å²) in [5, 5.41) is 3.54.